The zero-order valence-corrected chi connectivity index (χ0v) is 11.7. The molecule has 1 unspecified atom stereocenters. The van der Waals surface area contributed by atoms with E-state index in [0.717, 1.165) is 25.1 Å². The van der Waals surface area contributed by atoms with E-state index in [2.05, 4.69) is 37.9 Å². The largest absolute Gasteiger partial charge is 0.508 e. The van der Waals surface area contributed by atoms with Gasteiger partial charge in [0.25, 0.3) is 0 Å². The fourth-order valence-corrected chi connectivity index (χ4v) is 1.94. The van der Waals surface area contributed by atoms with E-state index in [-0.39, 0.29) is 17.5 Å². The van der Waals surface area contributed by atoms with Crippen molar-refractivity contribution in [1.82, 2.24) is 9.80 Å². The molecule has 2 N–H and O–H groups in total. The highest BCUT2D eigenvalue weighted by atomic mass is 16.3. The third-order valence-electron chi connectivity index (χ3n) is 3.18. The highest BCUT2D eigenvalue weighted by Gasteiger charge is 2.13. The molecule has 0 aliphatic heterocycles. The lowest BCUT2D eigenvalue weighted by Crippen LogP contribution is -2.26. The van der Waals surface area contributed by atoms with Crippen LogP contribution in [0.3, 0.4) is 0 Å². The first-order valence-electron chi connectivity index (χ1n) is 6.28. The van der Waals surface area contributed by atoms with Crippen LogP contribution in [-0.2, 0) is 0 Å². The molecule has 4 nitrogen and oxygen atoms in total. The SMILES string of the molecule is CC(c1cc(O)cc(O)c1)N(C)CCCN(C)C. The summed E-state index contributed by atoms with van der Waals surface area (Å²) in [5, 5.41) is 19.0. The Hall–Kier alpha value is -1.26. The topological polar surface area (TPSA) is 46.9 Å². The van der Waals surface area contributed by atoms with Crippen molar-refractivity contribution in [3.05, 3.63) is 23.8 Å². The second-order valence-electron chi connectivity index (χ2n) is 5.10. The second-order valence-corrected chi connectivity index (χ2v) is 5.10. The van der Waals surface area contributed by atoms with Crippen molar-refractivity contribution in [3.63, 3.8) is 0 Å². The van der Waals surface area contributed by atoms with Gasteiger partial charge in [0.2, 0.25) is 0 Å². The van der Waals surface area contributed by atoms with Gasteiger partial charge in [0.15, 0.2) is 0 Å². The molecule has 0 aliphatic carbocycles. The molecule has 1 atom stereocenters. The fraction of sp³-hybridized carbons (Fsp3) is 0.571. The minimum atomic E-state index is 0.110. The molecule has 0 saturated carbocycles. The summed E-state index contributed by atoms with van der Waals surface area (Å²) in [5.41, 5.74) is 0.930. The lowest BCUT2D eigenvalue weighted by molar-refractivity contribution is 0.244. The average Bonchev–Trinajstić information content (AvgIpc) is 2.26. The zero-order chi connectivity index (χ0) is 13.7. The Labute approximate surface area is 109 Å². The summed E-state index contributed by atoms with van der Waals surface area (Å²) in [5.74, 6) is 0.220. The smallest absolute Gasteiger partial charge is 0.119 e. The number of aromatic hydroxyl groups is 2. The van der Waals surface area contributed by atoms with Crippen molar-refractivity contribution in [2.24, 2.45) is 0 Å². The summed E-state index contributed by atoms with van der Waals surface area (Å²) in [6.07, 6.45) is 1.10. The van der Waals surface area contributed by atoms with Crippen LogP contribution in [0, 0.1) is 0 Å². The third-order valence-corrected chi connectivity index (χ3v) is 3.18. The van der Waals surface area contributed by atoms with Crippen LogP contribution in [0.1, 0.15) is 24.9 Å². The van der Waals surface area contributed by atoms with Crippen LogP contribution in [-0.4, -0.2) is 54.2 Å². The molecule has 1 aromatic carbocycles. The van der Waals surface area contributed by atoms with Gasteiger partial charge in [-0.15, -0.1) is 0 Å². The molecule has 1 aromatic rings. The maximum absolute atomic E-state index is 9.49. The number of hydrogen-bond acceptors (Lipinski definition) is 4. The van der Waals surface area contributed by atoms with E-state index >= 15 is 0 Å². The van der Waals surface area contributed by atoms with Crippen molar-refractivity contribution < 1.29 is 10.2 Å². The van der Waals surface area contributed by atoms with E-state index < -0.39 is 0 Å². The lowest BCUT2D eigenvalue weighted by Gasteiger charge is -2.25. The molecule has 0 bridgehead atoms. The van der Waals surface area contributed by atoms with Gasteiger partial charge >= 0.3 is 0 Å². The molecule has 0 heterocycles. The second kappa shape index (κ2) is 6.61. The summed E-state index contributed by atoms with van der Waals surface area (Å²) >= 11 is 0. The Balaban J connectivity index is 2.59. The Morgan fingerprint density at radius 1 is 1.00 bits per heavy atom. The number of phenolic OH excluding ortho intramolecular Hbond substituents is 2. The highest BCUT2D eigenvalue weighted by molar-refractivity contribution is 5.37. The third kappa shape index (κ3) is 4.55. The number of nitrogens with zero attached hydrogens (tertiary/aromatic N) is 2. The molecular formula is C14H24N2O2. The molecule has 18 heavy (non-hydrogen) atoms. The van der Waals surface area contributed by atoms with Crippen LogP contribution < -0.4 is 0 Å². The van der Waals surface area contributed by atoms with E-state index in [1.165, 1.54) is 6.07 Å². The molecule has 0 aromatic heterocycles. The van der Waals surface area contributed by atoms with Gasteiger partial charge in [0.05, 0.1) is 0 Å². The first-order valence-corrected chi connectivity index (χ1v) is 6.28. The molecular weight excluding hydrogens is 228 g/mol. The van der Waals surface area contributed by atoms with Crippen LogP contribution in [0.15, 0.2) is 18.2 Å². The molecule has 0 aliphatic rings. The van der Waals surface area contributed by atoms with Crippen LogP contribution in [0.4, 0.5) is 0 Å². The maximum atomic E-state index is 9.49. The van der Waals surface area contributed by atoms with Crippen molar-refractivity contribution >= 4 is 0 Å². The monoisotopic (exact) mass is 252 g/mol. The molecule has 0 amide bonds. The van der Waals surface area contributed by atoms with Crippen LogP contribution in [0.5, 0.6) is 11.5 Å². The normalized spacial score (nSPS) is 13.2. The van der Waals surface area contributed by atoms with E-state index in [1.54, 1.807) is 12.1 Å². The summed E-state index contributed by atoms with van der Waals surface area (Å²) < 4.78 is 0. The highest BCUT2D eigenvalue weighted by Crippen LogP contribution is 2.27. The number of hydrogen-bond donors (Lipinski definition) is 2. The molecule has 0 radical (unpaired) electrons. The number of benzene rings is 1. The Morgan fingerprint density at radius 3 is 2.06 bits per heavy atom. The van der Waals surface area contributed by atoms with Crippen LogP contribution in [0.25, 0.3) is 0 Å². The van der Waals surface area contributed by atoms with Crippen molar-refractivity contribution in [3.8, 4) is 11.5 Å². The molecule has 1 rings (SSSR count). The maximum Gasteiger partial charge on any atom is 0.119 e. The standard InChI is InChI=1S/C14H24N2O2/c1-11(16(4)7-5-6-15(2)3)12-8-13(17)10-14(18)9-12/h8-11,17-18H,5-7H2,1-4H3. The van der Waals surface area contributed by atoms with Gasteiger partial charge in [-0.25, -0.2) is 0 Å². The summed E-state index contributed by atoms with van der Waals surface area (Å²) in [6.45, 7) is 4.11. The van der Waals surface area contributed by atoms with E-state index in [9.17, 15) is 10.2 Å². The molecule has 4 heteroatoms. The minimum absolute atomic E-state index is 0.110. The summed E-state index contributed by atoms with van der Waals surface area (Å²) in [4.78, 5) is 4.39. The molecule has 102 valence electrons. The van der Waals surface area contributed by atoms with Gasteiger partial charge in [-0.2, -0.15) is 0 Å². The Kier molecular flexibility index (Phi) is 5.44. The first-order chi connectivity index (χ1) is 8.40. The minimum Gasteiger partial charge on any atom is -0.508 e. The van der Waals surface area contributed by atoms with Crippen molar-refractivity contribution in [2.45, 2.75) is 19.4 Å². The predicted octanol–water partition coefficient (Wildman–Crippen LogP) is 2.04. The zero-order valence-electron chi connectivity index (χ0n) is 11.7. The van der Waals surface area contributed by atoms with Gasteiger partial charge in [-0.3, -0.25) is 4.90 Å². The van der Waals surface area contributed by atoms with Gasteiger partial charge in [-0.1, -0.05) is 0 Å². The molecule has 0 fully saturated rings. The fourth-order valence-electron chi connectivity index (χ4n) is 1.94. The predicted molar refractivity (Wildman–Crippen MR) is 74.0 cm³/mol. The quantitative estimate of drug-likeness (QED) is 0.813. The number of phenols is 2. The summed E-state index contributed by atoms with van der Waals surface area (Å²) in [7, 11) is 6.19. The van der Waals surface area contributed by atoms with Crippen molar-refractivity contribution in [2.75, 3.05) is 34.2 Å². The van der Waals surface area contributed by atoms with Gasteiger partial charge in [0.1, 0.15) is 11.5 Å². The average molecular weight is 252 g/mol. The van der Waals surface area contributed by atoms with Crippen LogP contribution in [0.2, 0.25) is 0 Å². The Bertz CT molecular complexity index is 360. The van der Waals surface area contributed by atoms with Gasteiger partial charge in [0, 0.05) is 12.1 Å². The molecule has 0 spiro atoms. The van der Waals surface area contributed by atoms with E-state index in [0.29, 0.717) is 0 Å². The van der Waals surface area contributed by atoms with Crippen molar-refractivity contribution in [1.29, 1.82) is 0 Å². The number of rotatable bonds is 6. The van der Waals surface area contributed by atoms with E-state index in [4.69, 9.17) is 0 Å². The van der Waals surface area contributed by atoms with E-state index in [1.807, 2.05) is 0 Å². The van der Waals surface area contributed by atoms with Crippen LogP contribution >= 0.6 is 0 Å². The lowest BCUT2D eigenvalue weighted by atomic mass is 10.1. The summed E-state index contributed by atoms with van der Waals surface area (Å²) in [6, 6.07) is 4.92. The van der Waals surface area contributed by atoms with Gasteiger partial charge in [-0.05, 0) is 65.3 Å². The van der Waals surface area contributed by atoms with Gasteiger partial charge < -0.3 is 15.1 Å². The first kappa shape index (κ1) is 14.8. The molecule has 0 saturated heterocycles. The Morgan fingerprint density at radius 2 is 1.56 bits per heavy atom.